The number of hydrogen-bond acceptors (Lipinski definition) is 6. The van der Waals surface area contributed by atoms with Gasteiger partial charge in [-0.2, -0.15) is 0 Å². The quantitative estimate of drug-likeness (QED) is 0.897. The molecule has 1 N–H and O–H groups in total. The van der Waals surface area contributed by atoms with Crippen LogP contribution in [0.3, 0.4) is 0 Å². The Morgan fingerprint density at radius 1 is 1.50 bits per heavy atom. The molecule has 0 saturated carbocycles. The van der Waals surface area contributed by atoms with E-state index < -0.39 is 11.8 Å². The molecular formula is C13H15FN6O2. The number of carboxylic acids is 1. The maximum atomic E-state index is 14.3. The van der Waals surface area contributed by atoms with Gasteiger partial charge in [-0.3, -0.25) is 0 Å². The van der Waals surface area contributed by atoms with Crippen molar-refractivity contribution < 1.29 is 14.3 Å². The number of rotatable bonds is 4. The molecule has 3 rings (SSSR count). The Kier molecular flexibility index (Phi) is 3.70. The Hall–Kier alpha value is -2.58. The predicted octanol–water partition coefficient (Wildman–Crippen LogP) is 0.919. The minimum Gasteiger partial charge on any atom is -0.476 e. The zero-order chi connectivity index (χ0) is 15.7. The van der Waals surface area contributed by atoms with E-state index in [0.717, 1.165) is 0 Å². The van der Waals surface area contributed by atoms with Crippen LogP contribution in [-0.4, -0.2) is 49.1 Å². The second-order valence-electron chi connectivity index (χ2n) is 5.09. The molecule has 1 unspecified atom stereocenters. The van der Waals surface area contributed by atoms with E-state index in [4.69, 9.17) is 5.11 Å². The first kappa shape index (κ1) is 14.4. The highest BCUT2D eigenvalue weighted by Gasteiger charge is 2.28. The van der Waals surface area contributed by atoms with Crippen molar-refractivity contribution in [2.75, 3.05) is 18.0 Å². The highest BCUT2D eigenvalue weighted by Crippen LogP contribution is 2.27. The number of aryl methyl sites for hydroxylation is 1. The van der Waals surface area contributed by atoms with Crippen LogP contribution in [0.4, 0.5) is 10.2 Å². The lowest BCUT2D eigenvalue weighted by Crippen LogP contribution is -2.24. The van der Waals surface area contributed by atoms with Crippen LogP contribution in [0.15, 0.2) is 12.5 Å². The Morgan fingerprint density at radius 2 is 2.32 bits per heavy atom. The van der Waals surface area contributed by atoms with Gasteiger partial charge < -0.3 is 10.0 Å². The van der Waals surface area contributed by atoms with Crippen molar-refractivity contribution in [1.29, 1.82) is 0 Å². The first-order valence-corrected chi connectivity index (χ1v) is 6.99. The molecule has 1 aliphatic rings. The topological polar surface area (TPSA) is 97.0 Å². The zero-order valence-electron chi connectivity index (χ0n) is 12.0. The fraction of sp³-hybridized carbons (Fsp3) is 0.462. The molecule has 8 nitrogen and oxygen atoms in total. The number of aromatic carboxylic acids is 1. The maximum Gasteiger partial charge on any atom is 0.358 e. The lowest BCUT2D eigenvalue weighted by Gasteiger charge is -2.18. The minimum absolute atomic E-state index is 0.0555. The summed E-state index contributed by atoms with van der Waals surface area (Å²) in [5.41, 5.74) is 0.294. The molecule has 1 atom stereocenters. The van der Waals surface area contributed by atoms with E-state index >= 15 is 0 Å². The summed E-state index contributed by atoms with van der Waals surface area (Å²) in [5.74, 6) is -1.22. The summed E-state index contributed by atoms with van der Waals surface area (Å²) in [6, 6.07) is -0.0555. The third-order valence-corrected chi connectivity index (χ3v) is 3.74. The normalized spacial score (nSPS) is 17.9. The van der Waals surface area contributed by atoms with Gasteiger partial charge >= 0.3 is 5.97 Å². The molecule has 0 amide bonds. The molecule has 2 aromatic rings. The number of anilines is 1. The van der Waals surface area contributed by atoms with Crippen LogP contribution in [0.1, 0.15) is 35.6 Å². The number of aromatic nitrogens is 5. The van der Waals surface area contributed by atoms with Crippen molar-refractivity contribution in [2.24, 2.45) is 0 Å². The summed E-state index contributed by atoms with van der Waals surface area (Å²) >= 11 is 0. The van der Waals surface area contributed by atoms with Crippen LogP contribution in [0.5, 0.6) is 0 Å². The molecule has 0 radical (unpaired) electrons. The zero-order valence-corrected chi connectivity index (χ0v) is 12.0. The minimum atomic E-state index is -1.12. The fourth-order valence-corrected chi connectivity index (χ4v) is 2.57. The highest BCUT2D eigenvalue weighted by atomic mass is 19.1. The van der Waals surface area contributed by atoms with Gasteiger partial charge in [0.05, 0.1) is 17.9 Å². The van der Waals surface area contributed by atoms with Gasteiger partial charge in [-0.05, 0) is 12.8 Å². The molecule has 0 spiro atoms. The van der Waals surface area contributed by atoms with Gasteiger partial charge in [0.1, 0.15) is 6.33 Å². The van der Waals surface area contributed by atoms with E-state index in [0.29, 0.717) is 31.6 Å². The van der Waals surface area contributed by atoms with Crippen molar-refractivity contribution in [1.82, 2.24) is 25.0 Å². The molecule has 3 heterocycles. The maximum absolute atomic E-state index is 14.3. The average Bonchev–Trinajstić information content (AvgIpc) is 3.16. The van der Waals surface area contributed by atoms with E-state index in [1.165, 1.54) is 17.2 Å². The lowest BCUT2D eigenvalue weighted by atomic mass is 10.3. The Balaban J connectivity index is 1.78. The second kappa shape index (κ2) is 5.66. The van der Waals surface area contributed by atoms with Crippen molar-refractivity contribution >= 4 is 11.8 Å². The molecular weight excluding hydrogens is 291 g/mol. The summed E-state index contributed by atoms with van der Waals surface area (Å²) in [6.07, 6.45) is 3.98. The summed E-state index contributed by atoms with van der Waals surface area (Å²) in [4.78, 5) is 20.6. The first-order valence-electron chi connectivity index (χ1n) is 6.99. The van der Waals surface area contributed by atoms with Crippen LogP contribution >= 0.6 is 0 Å². The molecule has 1 fully saturated rings. The van der Waals surface area contributed by atoms with Gasteiger partial charge in [-0.1, -0.05) is 12.1 Å². The first-order chi connectivity index (χ1) is 10.6. The summed E-state index contributed by atoms with van der Waals surface area (Å²) in [5, 5.41) is 16.3. The molecule has 0 aliphatic carbocycles. The Labute approximate surface area is 125 Å². The number of nitrogens with zero attached hydrogens (tertiary/aromatic N) is 6. The SMILES string of the molecule is CCc1ncnc(N2CCC(n3cc(C(=O)O)nn3)C2)c1F. The molecule has 22 heavy (non-hydrogen) atoms. The van der Waals surface area contributed by atoms with Crippen molar-refractivity contribution in [3.8, 4) is 0 Å². The average molecular weight is 306 g/mol. The number of halogens is 1. The number of carboxylic acid groups (broad SMARTS) is 1. The third kappa shape index (κ3) is 2.49. The van der Waals surface area contributed by atoms with Crippen LogP contribution in [0.2, 0.25) is 0 Å². The van der Waals surface area contributed by atoms with Crippen molar-refractivity contribution in [3.05, 3.63) is 29.7 Å². The standard InChI is InChI=1S/C13H15FN6O2/c1-2-9-11(14)12(16-7-15-9)19-4-3-8(5-19)20-6-10(13(21)22)17-18-20/h6-8H,2-5H2,1H3,(H,21,22). The van der Waals surface area contributed by atoms with E-state index in [1.807, 2.05) is 11.8 Å². The molecule has 2 aromatic heterocycles. The van der Waals surface area contributed by atoms with E-state index in [1.54, 1.807) is 0 Å². The van der Waals surface area contributed by atoms with Gasteiger partial charge in [-0.25, -0.2) is 23.8 Å². The van der Waals surface area contributed by atoms with Crippen molar-refractivity contribution in [2.45, 2.75) is 25.8 Å². The van der Waals surface area contributed by atoms with Gasteiger partial charge in [0.2, 0.25) is 0 Å². The van der Waals surface area contributed by atoms with Gasteiger partial charge in [0.15, 0.2) is 17.3 Å². The molecule has 0 aromatic carbocycles. The van der Waals surface area contributed by atoms with Crippen LogP contribution < -0.4 is 4.90 Å². The number of hydrogen-bond donors (Lipinski definition) is 1. The smallest absolute Gasteiger partial charge is 0.358 e. The predicted molar refractivity (Wildman–Crippen MR) is 74.2 cm³/mol. The van der Waals surface area contributed by atoms with Gasteiger partial charge in [0, 0.05) is 13.1 Å². The Bertz CT molecular complexity index is 704. The molecule has 9 heteroatoms. The molecule has 1 aliphatic heterocycles. The van der Waals surface area contributed by atoms with Crippen molar-refractivity contribution in [3.63, 3.8) is 0 Å². The van der Waals surface area contributed by atoms with Crippen LogP contribution in [-0.2, 0) is 6.42 Å². The van der Waals surface area contributed by atoms with E-state index in [-0.39, 0.29) is 17.6 Å². The third-order valence-electron chi connectivity index (χ3n) is 3.74. The lowest BCUT2D eigenvalue weighted by molar-refractivity contribution is 0.0690. The van der Waals surface area contributed by atoms with Crippen LogP contribution in [0.25, 0.3) is 0 Å². The highest BCUT2D eigenvalue weighted by molar-refractivity contribution is 5.84. The van der Waals surface area contributed by atoms with E-state index in [2.05, 4.69) is 20.3 Å². The van der Waals surface area contributed by atoms with E-state index in [9.17, 15) is 9.18 Å². The van der Waals surface area contributed by atoms with Gasteiger partial charge in [-0.15, -0.1) is 5.10 Å². The van der Waals surface area contributed by atoms with Gasteiger partial charge in [0.25, 0.3) is 0 Å². The second-order valence-corrected chi connectivity index (χ2v) is 5.09. The summed E-state index contributed by atoms with van der Waals surface area (Å²) in [6.45, 7) is 2.95. The fourth-order valence-electron chi connectivity index (χ4n) is 2.57. The summed E-state index contributed by atoms with van der Waals surface area (Å²) in [7, 11) is 0. The summed E-state index contributed by atoms with van der Waals surface area (Å²) < 4.78 is 15.8. The molecule has 0 bridgehead atoms. The monoisotopic (exact) mass is 306 g/mol. The number of carbonyl (C=O) groups is 1. The Morgan fingerprint density at radius 3 is 3.00 bits per heavy atom. The molecule has 116 valence electrons. The molecule has 1 saturated heterocycles. The largest absolute Gasteiger partial charge is 0.476 e. The van der Waals surface area contributed by atoms with Crippen LogP contribution in [0, 0.1) is 5.82 Å².